The van der Waals surface area contributed by atoms with Crippen LogP contribution in [0, 0.1) is 10.1 Å². The van der Waals surface area contributed by atoms with E-state index in [0.29, 0.717) is 0 Å². The molecular weight excluding hydrogens is 379 g/mol. The molecule has 0 radical (unpaired) electrons. The molecule has 11 heteroatoms. The summed E-state index contributed by atoms with van der Waals surface area (Å²) >= 11 is 17.0. The van der Waals surface area contributed by atoms with Gasteiger partial charge >= 0.3 is 10.1 Å². The summed E-state index contributed by atoms with van der Waals surface area (Å²) in [5.74, 6) is -0.399. The molecule has 0 amide bonds. The van der Waals surface area contributed by atoms with Crippen LogP contribution < -0.4 is 4.18 Å². The fourth-order valence-electron chi connectivity index (χ4n) is 1.40. The van der Waals surface area contributed by atoms with E-state index in [1.165, 1.54) is 6.07 Å². The summed E-state index contributed by atoms with van der Waals surface area (Å²) in [7, 11) is -4.37. The molecular formula is C11H5Cl3N2O5S. The minimum atomic E-state index is -4.37. The highest BCUT2D eigenvalue weighted by atomic mass is 35.5. The molecule has 0 saturated carbocycles. The van der Waals surface area contributed by atoms with Crippen molar-refractivity contribution in [3.8, 4) is 5.88 Å². The van der Waals surface area contributed by atoms with Gasteiger partial charge in [0.15, 0.2) is 0 Å². The van der Waals surface area contributed by atoms with Crippen molar-refractivity contribution < 1.29 is 17.5 Å². The molecule has 0 atom stereocenters. The van der Waals surface area contributed by atoms with Crippen molar-refractivity contribution >= 4 is 50.6 Å². The molecule has 0 spiro atoms. The summed E-state index contributed by atoms with van der Waals surface area (Å²) < 4.78 is 29.0. The van der Waals surface area contributed by atoms with E-state index in [4.69, 9.17) is 39.0 Å². The number of nitro groups is 1. The fourth-order valence-corrected chi connectivity index (χ4v) is 2.98. The lowest BCUT2D eigenvalue weighted by molar-refractivity contribution is -0.384. The lowest BCUT2D eigenvalue weighted by Crippen LogP contribution is -2.11. The zero-order chi connectivity index (χ0) is 16.5. The first kappa shape index (κ1) is 16.8. The van der Waals surface area contributed by atoms with E-state index >= 15 is 0 Å². The summed E-state index contributed by atoms with van der Waals surface area (Å²) in [4.78, 5) is 13.2. The topological polar surface area (TPSA) is 99.4 Å². The first-order valence-electron chi connectivity index (χ1n) is 5.40. The number of pyridine rings is 1. The van der Waals surface area contributed by atoms with Gasteiger partial charge in [-0.25, -0.2) is 4.98 Å². The minimum Gasteiger partial charge on any atom is -0.357 e. The number of nitrogens with zero attached hydrogens (tertiary/aromatic N) is 2. The van der Waals surface area contributed by atoms with E-state index in [9.17, 15) is 18.5 Å². The highest BCUT2D eigenvalue weighted by molar-refractivity contribution is 7.87. The van der Waals surface area contributed by atoms with E-state index in [1.807, 2.05) is 0 Å². The molecule has 0 unspecified atom stereocenters. The van der Waals surface area contributed by atoms with Crippen LogP contribution in [0.1, 0.15) is 0 Å². The number of hydrogen-bond acceptors (Lipinski definition) is 6. The van der Waals surface area contributed by atoms with Crippen molar-refractivity contribution in [1.29, 1.82) is 0 Å². The standard InChI is InChI=1S/C11H5Cl3N2O5S/c12-6-3-9(14)11(15-5-6)21-22(19,20)7-1-2-8(13)10(4-7)16(17)18/h1-5H. The number of aromatic nitrogens is 1. The minimum absolute atomic E-state index is 0.125. The van der Waals surface area contributed by atoms with Gasteiger partial charge < -0.3 is 4.18 Å². The Labute approximate surface area is 139 Å². The molecule has 0 N–H and O–H groups in total. The Morgan fingerprint density at radius 3 is 2.41 bits per heavy atom. The van der Waals surface area contributed by atoms with Gasteiger partial charge in [0.25, 0.3) is 11.6 Å². The lowest BCUT2D eigenvalue weighted by atomic mass is 10.3. The van der Waals surface area contributed by atoms with Crippen LogP contribution >= 0.6 is 34.8 Å². The predicted octanol–water partition coefficient (Wildman–Crippen LogP) is 3.72. The molecule has 0 aliphatic heterocycles. The van der Waals surface area contributed by atoms with Crippen LogP contribution in [0.5, 0.6) is 5.88 Å². The van der Waals surface area contributed by atoms with Gasteiger partial charge in [0.1, 0.15) is 14.9 Å². The Morgan fingerprint density at radius 1 is 1.14 bits per heavy atom. The van der Waals surface area contributed by atoms with Gasteiger partial charge in [0.05, 0.1) is 9.95 Å². The average Bonchev–Trinajstić information content (AvgIpc) is 2.42. The van der Waals surface area contributed by atoms with E-state index in [2.05, 4.69) is 4.98 Å². The average molecular weight is 384 g/mol. The Balaban J connectivity index is 2.42. The Morgan fingerprint density at radius 2 is 1.82 bits per heavy atom. The smallest absolute Gasteiger partial charge is 0.341 e. The molecule has 0 saturated heterocycles. The predicted molar refractivity (Wildman–Crippen MR) is 80.2 cm³/mol. The summed E-state index contributed by atoms with van der Waals surface area (Å²) in [5.41, 5.74) is -0.568. The van der Waals surface area contributed by atoms with Crippen LogP contribution in [0.3, 0.4) is 0 Å². The van der Waals surface area contributed by atoms with Crippen LogP contribution in [0.15, 0.2) is 35.4 Å². The third-order valence-electron chi connectivity index (χ3n) is 2.37. The maximum atomic E-state index is 12.1. The maximum absolute atomic E-state index is 12.1. The van der Waals surface area contributed by atoms with Crippen LogP contribution in [-0.4, -0.2) is 18.3 Å². The van der Waals surface area contributed by atoms with Crippen molar-refractivity contribution in [2.75, 3.05) is 0 Å². The molecule has 1 aromatic carbocycles. The SMILES string of the molecule is O=[N+]([O-])c1cc(S(=O)(=O)Oc2ncc(Cl)cc2Cl)ccc1Cl. The second-order valence-electron chi connectivity index (χ2n) is 3.85. The van der Waals surface area contributed by atoms with E-state index in [0.717, 1.165) is 24.4 Å². The van der Waals surface area contributed by atoms with E-state index in [-0.39, 0.29) is 15.1 Å². The van der Waals surface area contributed by atoms with Gasteiger partial charge in [-0.15, -0.1) is 0 Å². The third kappa shape index (κ3) is 3.58. The summed E-state index contributed by atoms with van der Waals surface area (Å²) in [5, 5.41) is 10.7. The number of benzene rings is 1. The molecule has 2 rings (SSSR count). The van der Waals surface area contributed by atoms with Gasteiger partial charge in [-0.3, -0.25) is 10.1 Å². The highest BCUT2D eigenvalue weighted by Gasteiger charge is 2.24. The van der Waals surface area contributed by atoms with Crippen LogP contribution in [0.4, 0.5) is 5.69 Å². The molecule has 1 heterocycles. The normalized spacial score (nSPS) is 11.2. The molecule has 0 aliphatic rings. The Bertz CT molecular complexity index is 857. The molecule has 116 valence electrons. The van der Waals surface area contributed by atoms with Gasteiger partial charge in [0, 0.05) is 12.3 Å². The summed E-state index contributed by atoms with van der Waals surface area (Å²) in [6, 6.07) is 4.16. The van der Waals surface area contributed by atoms with Gasteiger partial charge in [-0.2, -0.15) is 8.42 Å². The number of nitro benzene ring substituents is 1. The van der Waals surface area contributed by atoms with Gasteiger partial charge in [-0.05, 0) is 18.2 Å². The number of rotatable bonds is 4. The third-order valence-corrected chi connectivity index (χ3v) is 4.37. The zero-order valence-electron chi connectivity index (χ0n) is 10.4. The second kappa shape index (κ2) is 6.25. The highest BCUT2D eigenvalue weighted by Crippen LogP contribution is 2.30. The lowest BCUT2D eigenvalue weighted by Gasteiger charge is -2.07. The maximum Gasteiger partial charge on any atom is 0.341 e. The molecule has 0 aliphatic carbocycles. The van der Waals surface area contributed by atoms with Crippen molar-refractivity contribution in [1.82, 2.24) is 4.98 Å². The first-order valence-corrected chi connectivity index (χ1v) is 7.94. The van der Waals surface area contributed by atoms with Gasteiger partial charge in [-0.1, -0.05) is 34.8 Å². The van der Waals surface area contributed by atoms with Crippen LogP contribution in [0.25, 0.3) is 0 Å². The molecule has 0 fully saturated rings. The van der Waals surface area contributed by atoms with E-state index in [1.54, 1.807) is 0 Å². The summed E-state index contributed by atoms with van der Waals surface area (Å²) in [6.45, 7) is 0. The van der Waals surface area contributed by atoms with E-state index < -0.39 is 31.5 Å². The van der Waals surface area contributed by atoms with Crippen LogP contribution in [-0.2, 0) is 10.1 Å². The molecule has 0 bridgehead atoms. The molecule has 22 heavy (non-hydrogen) atoms. The van der Waals surface area contributed by atoms with Crippen molar-refractivity contribution in [2.24, 2.45) is 0 Å². The molecule has 7 nitrogen and oxygen atoms in total. The number of halogens is 3. The fraction of sp³-hybridized carbons (Fsp3) is 0. The first-order chi connectivity index (χ1) is 10.2. The Kier molecular flexibility index (Phi) is 4.76. The van der Waals surface area contributed by atoms with Crippen LogP contribution in [0.2, 0.25) is 15.1 Å². The van der Waals surface area contributed by atoms with Gasteiger partial charge in [0.2, 0.25) is 0 Å². The monoisotopic (exact) mass is 382 g/mol. The molecule has 1 aromatic heterocycles. The van der Waals surface area contributed by atoms with Crippen molar-refractivity contribution in [2.45, 2.75) is 4.90 Å². The Hall–Kier alpha value is -1.61. The van der Waals surface area contributed by atoms with Crippen molar-refractivity contribution in [3.63, 3.8) is 0 Å². The molecule has 2 aromatic rings. The number of hydrogen-bond donors (Lipinski definition) is 0. The quantitative estimate of drug-likeness (QED) is 0.453. The van der Waals surface area contributed by atoms with Crippen molar-refractivity contribution in [3.05, 3.63) is 55.6 Å². The summed E-state index contributed by atoms with van der Waals surface area (Å²) in [6.07, 6.45) is 1.14. The largest absolute Gasteiger partial charge is 0.357 e. The zero-order valence-corrected chi connectivity index (χ0v) is 13.4. The second-order valence-corrected chi connectivity index (χ2v) is 6.65.